The molecule has 0 radical (unpaired) electrons. The molecule has 5 nitrogen and oxygen atoms in total. The number of carbonyl (C=O) groups is 2. The van der Waals surface area contributed by atoms with Crippen molar-refractivity contribution >= 4 is 28.4 Å². The maximum Gasteiger partial charge on any atom is 0.313 e. The van der Waals surface area contributed by atoms with Gasteiger partial charge >= 0.3 is 11.8 Å². The number of carbonyl (C=O) groups excluding carboxylic acids is 2. The van der Waals surface area contributed by atoms with Crippen molar-refractivity contribution in [2.75, 3.05) is 11.9 Å². The summed E-state index contributed by atoms with van der Waals surface area (Å²) in [7, 11) is 0. The summed E-state index contributed by atoms with van der Waals surface area (Å²) in [4.78, 5) is 27.1. The molecule has 0 unspecified atom stereocenters. The number of anilines is 1. The van der Waals surface area contributed by atoms with E-state index >= 15 is 0 Å². The Hall–Kier alpha value is -2.56. The molecule has 3 atom stereocenters. The van der Waals surface area contributed by atoms with E-state index in [4.69, 9.17) is 0 Å². The standard InChI is InChI=1S/C18H19N3O2/c22-17(20-10-14-8-11-1-2-13(14)7-11)18(23)21-15-4-3-12-5-6-19-16(12)9-15/h1-6,9,11,13-14,19H,7-8,10H2,(H,20,22)(H,21,23)/t11-,13-,14-/m0/s1. The van der Waals surface area contributed by atoms with Gasteiger partial charge in [-0.3, -0.25) is 9.59 Å². The van der Waals surface area contributed by atoms with Crippen molar-refractivity contribution in [3.63, 3.8) is 0 Å². The van der Waals surface area contributed by atoms with Crippen LogP contribution in [-0.4, -0.2) is 23.3 Å². The SMILES string of the molecule is O=C(NC[C@@H]1C[C@H]2C=C[C@H]1C2)C(=O)Nc1ccc2cc[nH]c2c1. The van der Waals surface area contributed by atoms with E-state index in [0.717, 1.165) is 17.3 Å². The topological polar surface area (TPSA) is 74.0 Å². The van der Waals surface area contributed by atoms with Crippen LogP contribution in [0.3, 0.4) is 0 Å². The van der Waals surface area contributed by atoms with Crippen LogP contribution in [0.4, 0.5) is 5.69 Å². The minimum atomic E-state index is -0.616. The highest BCUT2D eigenvalue weighted by atomic mass is 16.2. The van der Waals surface area contributed by atoms with Gasteiger partial charge in [0.1, 0.15) is 0 Å². The lowest BCUT2D eigenvalue weighted by Crippen LogP contribution is -2.38. The second kappa shape index (κ2) is 5.57. The van der Waals surface area contributed by atoms with Gasteiger partial charge in [-0.25, -0.2) is 0 Å². The summed E-state index contributed by atoms with van der Waals surface area (Å²) in [5.41, 5.74) is 1.54. The van der Waals surface area contributed by atoms with Gasteiger partial charge in [0.25, 0.3) is 0 Å². The molecule has 0 aliphatic heterocycles. The van der Waals surface area contributed by atoms with Gasteiger partial charge in [-0.2, -0.15) is 0 Å². The highest BCUT2D eigenvalue weighted by Gasteiger charge is 2.35. The molecule has 3 N–H and O–H groups in total. The lowest BCUT2D eigenvalue weighted by atomic mass is 9.94. The fraction of sp³-hybridized carbons (Fsp3) is 0.333. The van der Waals surface area contributed by atoms with Crippen LogP contribution in [0.1, 0.15) is 12.8 Å². The summed E-state index contributed by atoms with van der Waals surface area (Å²) in [6.45, 7) is 0.577. The van der Waals surface area contributed by atoms with Crippen LogP contribution in [-0.2, 0) is 9.59 Å². The Kier molecular flexibility index (Phi) is 3.41. The summed E-state index contributed by atoms with van der Waals surface area (Å²) >= 11 is 0. The molecule has 2 aliphatic rings. The average Bonchev–Trinajstić information content (AvgIpc) is 3.27. The number of H-pyrrole nitrogens is 1. The third kappa shape index (κ3) is 2.74. The molecule has 23 heavy (non-hydrogen) atoms. The van der Waals surface area contributed by atoms with Gasteiger partial charge in [-0.1, -0.05) is 18.2 Å². The summed E-state index contributed by atoms with van der Waals surface area (Å²) < 4.78 is 0. The van der Waals surface area contributed by atoms with Crippen LogP contribution < -0.4 is 10.6 Å². The molecule has 2 amide bonds. The van der Waals surface area contributed by atoms with Crippen LogP contribution >= 0.6 is 0 Å². The van der Waals surface area contributed by atoms with E-state index in [1.54, 1.807) is 6.07 Å². The van der Waals surface area contributed by atoms with Gasteiger partial charge in [0.2, 0.25) is 0 Å². The Morgan fingerprint density at radius 2 is 2.04 bits per heavy atom. The molecular formula is C18H19N3O2. The average molecular weight is 309 g/mol. The Morgan fingerprint density at radius 3 is 2.83 bits per heavy atom. The quantitative estimate of drug-likeness (QED) is 0.602. The molecule has 2 aromatic rings. The molecule has 1 heterocycles. The highest BCUT2D eigenvalue weighted by molar-refractivity contribution is 6.39. The summed E-state index contributed by atoms with van der Waals surface area (Å²) in [5.74, 6) is 0.525. The first-order valence-corrected chi connectivity index (χ1v) is 8.04. The van der Waals surface area contributed by atoms with E-state index in [9.17, 15) is 9.59 Å². The second-order valence-corrected chi connectivity index (χ2v) is 6.48. The second-order valence-electron chi connectivity index (χ2n) is 6.48. The summed E-state index contributed by atoms with van der Waals surface area (Å²) in [5, 5.41) is 6.48. The molecule has 118 valence electrons. The Balaban J connectivity index is 1.33. The number of allylic oxidation sites excluding steroid dienone is 2. The van der Waals surface area contributed by atoms with Crippen LogP contribution in [0.5, 0.6) is 0 Å². The zero-order chi connectivity index (χ0) is 15.8. The smallest absolute Gasteiger partial charge is 0.313 e. The van der Waals surface area contributed by atoms with Gasteiger partial charge in [0.15, 0.2) is 0 Å². The van der Waals surface area contributed by atoms with Crippen LogP contribution in [0.15, 0.2) is 42.6 Å². The first-order chi connectivity index (χ1) is 11.2. The van der Waals surface area contributed by atoms with Crippen molar-refractivity contribution in [1.29, 1.82) is 0 Å². The molecule has 4 rings (SSSR count). The maximum absolute atomic E-state index is 12.0. The number of benzene rings is 1. The highest BCUT2D eigenvalue weighted by Crippen LogP contribution is 2.42. The van der Waals surface area contributed by atoms with Crippen molar-refractivity contribution in [1.82, 2.24) is 10.3 Å². The van der Waals surface area contributed by atoms with E-state index in [0.29, 0.717) is 30.0 Å². The Labute approximate surface area is 134 Å². The fourth-order valence-electron chi connectivity index (χ4n) is 3.75. The van der Waals surface area contributed by atoms with Gasteiger partial charge in [0, 0.05) is 23.9 Å². The summed E-state index contributed by atoms with van der Waals surface area (Å²) in [6.07, 6.45) is 8.67. The number of rotatable bonds is 3. The molecule has 0 spiro atoms. The first-order valence-electron chi connectivity index (χ1n) is 8.04. The van der Waals surface area contributed by atoms with Gasteiger partial charge in [0.05, 0.1) is 0 Å². The first kappa shape index (κ1) is 14.1. The van der Waals surface area contributed by atoms with E-state index in [1.807, 2.05) is 24.4 Å². The molecule has 1 fully saturated rings. The number of aromatic amines is 1. The molecule has 1 aromatic carbocycles. The van der Waals surface area contributed by atoms with Gasteiger partial charge in [-0.15, -0.1) is 0 Å². The zero-order valence-electron chi connectivity index (χ0n) is 12.7. The third-order valence-corrected chi connectivity index (χ3v) is 4.96. The molecule has 1 aromatic heterocycles. The predicted octanol–water partition coefficient (Wildman–Crippen LogP) is 2.43. The minimum absolute atomic E-state index is 0.469. The largest absolute Gasteiger partial charge is 0.361 e. The Bertz CT molecular complexity index is 792. The predicted molar refractivity (Wildman–Crippen MR) is 88.8 cm³/mol. The number of hydrogen-bond donors (Lipinski definition) is 3. The third-order valence-electron chi connectivity index (χ3n) is 4.96. The van der Waals surface area contributed by atoms with Crippen LogP contribution in [0.25, 0.3) is 10.9 Å². The van der Waals surface area contributed by atoms with Crippen molar-refractivity contribution in [2.45, 2.75) is 12.8 Å². The van der Waals surface area contributed by atoms with Crippen molar-refractivity contribution in [2.24, 2.45) is 17.8 Å². The zero-order valence-corrected chi connectivity index (χ0v) is 12.7. The van der Waals surface area contributed by atoms with Crippen molar-refractivity contribution in [3.05, 3.63) is 42.6 Å². The number of aromatic nitrogens is 1. The van der Waals surface area contributed by atoms with Crippen molar-refractivity contribution in [3.8, 4) is 0 Å². The number of nitrogens with one attached hydrogen (secondary N) is 3. The van der Waals surface area contributed by atoms with Gasteiger partial charge < -0.3 is 15.6 Å². The number of fused-ring (bicyclic) bond motifs is 3. The summed E-state index contributed by atoms with van der Waals surface area (Å²) in [6, 6.07) is 7.47. The van der Waals surface area contributed by atoms with Crippen LogP contribution in [0.2, 0.25) is 0 Å². The van der Waals surface area contributed by atoms with Crippen molar-refractivity contribution < 1.29 is 9.59 Å². The molecule has 5 heteroatoms. The number of amides is 2. The molecule has 2 bridgehead atoms. The van der Waals surface area contributed by atoms with E-state index < -0.39 is 11.8 Å². The maximum atomic E-state index is 12.0. The molecule has 0 saturated heterocycles. The van der Waals surface area contributed by atoms with E-state index in [1.165, 1.54) is 6.42 Å². The normalized spacial score (nSPS) is 25.0. The Morgan fingerprint density at radius 1 is 1.13 bits per heavy atom. The monoisotopic (exact) mass is 309 g/mol. The number of hydrogen-bond acceptors (Lipinski definition) is 2. The van der Waals surface area contributed by atoms with Gasteiger partial charge in [-0.05, 0) is 54.2 Å². The lowest BCUT2D eigenvalue weighted by Gasteiger charge is -2.18. The van der Waals surface area contributed by atoms with E-state index in [2.05, 4.69) is 27.8 Å². The molecular weight excluding hydrogens is 290 g/mol. The molecule has 1 saturated carbocycles. The molecule has 2 aliphatic carbocycles. The fourth-order valence-corrected chi connectivity index (χ4v) is 3.75. The van der Waals surface area contributed by atoms with E-state index in [-0.39, 0.29) is 0 Å². The minimum Gasteiger partial charge on any atom is -0.361 e. The van der Waals surface area contributed by atoms with Crippen LogP contribution in [0, 0.1) is 17.8 Å². The lowest BCUT2D eigenvalue weighted by molar-refractivity contribution is -0.136.